The van der Waals surface area contributed by atoms with Gasteiger partial charge >= 0.3 is 0 Å². The molecule has 154 valence electrons. The molecule has 1 fully saturated rings. The SMILES string of the molecule is Cc1ccc(C#Cc2ccc(C#Cc3ccc(O)cc3)c(C3CCCCC3)c2F)cc1. The van der Waals surface area contributed by atoms with Gasteiger partial charge in [-0.15, -0.1) is 0 Å². The summed E-state index contributed by atoms with van der Waals surface area (Å²) in [5.41, 5.74) is 4.71. The van der Waals surface area contributed by atoms with Gasteiger partial charge in [-0.2, -0.15) is 0 Å². The topological polar surface area (TPSA) is 20.2 Å². The van der Waals surface area contributed by atoms with Gasteiger partial charge in [-0.25, -0.2) is 4.39 Å². The number of rotatable bonds is 1. The number of phenols is 1. The summed E-state index contributed by atoms with van der Waals surface area (Å²) >= 11 is 0. The summed E-state index contributed by atoms with van der Waals surface area (Å²) in [4.78, 5) is 0. The summed E-state index contributed by atoms with van der Waals surface area (Å²) in [5, 5.41) is 9.46. The van der Waals surface area contributed by atoms with Gasteiger partial charge in [0.25, 0.3) is 0 Å². The molecule has 0 atom stereocenters. The van der Waals surface area contributed by atoms with Gasteiger partial charge in [-0.3, -0.25) is 0 Å². The minimum atomic E-state index is -0.232. The average Bonchev–Trinajstić information content (AvgIpc) is 2.80. The molecule has 2 heteroatoms. The van der Waals surface area contributed by atoms with Crippen LogP contribution in [0.3, 0.4) is 0 Å². The number of aromatic hydroxyl groups is 1. The predicted octanol–water partition coefficient (Wildman–Crippen LogP) is 6.69. The second kappa shape index (κ2) is 9.55. The first-order chi connectivity index (χ1) is 15.1. The molecule has 0 heterocycles. The van der Waals surface area contributed by atoms with Gasteiger partial charge in [0.15, 0.2) is 0 Å². The maximum absolute atomic E-state index is 15.7. The summed E-state index contributed by atoms with van der Waals surface area (Å²) in [6, 6.07) is 18.3. The number of aryl methyl sites for hydroxylation is 1. The molecule has 3 aromatic rings. The third-order valence-corrected chi connectivity index (χ3v) is 5.80. The van der Waals surface area contributed by atoms with Gasteiger partial charge in [0, 0.05) is 22.3 Å². The number of phenolic OH excluding ortho intramolecular Hbond substituents is 1. The van der Waals surface area contributed by atoms with E-state index in [9.17, 15) is 5.11 Å². The van der Waals surface area contributed by atoms with Crippen molar-refractivity contribution < 1.29 is 9.50 Å². The van der Waals surface area contributed by atoms with Gasteiger partial charge in [0.2, 0.25) is 0 Å². The minimum Gasteiger partial charge on any atom is -0.508 e. The highest BCUT2D eigenvalue weighted by molar-refractivity contribution is 5.54. The second-order valence-electron chi connectivity index (χ2n) is 8.14. The van der Waals surface area contributed by atoms with E-state index in [2.05, 4.69) is 23.7 Å². The van der Waals surface area contributed by atoms with E-state index >= 15 is 4.39 Å². The first-order valence-corrected chi connectivity index (χ1v) is 10.8. The van der Waals surface area contributed by atoms with E-state index in [1.165, 1.54) is 12.0 Å². The van der Waals surface area contributed by atoms with Crippen LogP contribution >= 0.6 is 0 Å². The van der Waals surface area contributed by atoms with Crippen LogP contribution in [0.2, 0.25) is 0 Å². The van der Waals surface area contributed by atoms with Crippen LogP contribution in [0.5, 0.6) is 5.75 Å². The van der Waals surface area contributed by atoms with Crippen molar-refractivity contribution in [2.24, 2.45) is 0 Å². The number of halogens is 1. The molecular formula is C29H25FO. The fraction of sp³-hybridized carbons (Fsp3) is 0.241. The lowest BCUT2D eigenvalue weighted by Gasteiger charge is -2.24. The maximum Gasteiger partial charge on any atom is 0.143 e. The summed E-state index contributed by atoms with van der Waals surface area (Å²) < 4.78 is 15.7. The van der Waals surface area contributed by atoms with E-state index in [4.69, 9.17) is 0 Å². The molecule has 0 amide bonds. The van der Waals surface area contributed by atoms with Gasteiger partial charge in [-0.1, -0.05) is 60.6 Å². The van der Waals surface area contributed by atoms with Crippen LogP contribution in [0.4, 0.5) is 4.39 Å². The number of hydrogen-bond acceptors (Lipinski definition) is 1. The van der Waals surface area contributed by atoms with Crippen molar-refractivity contribution in [1.82, 2.24) is 0 Å². The lowest BCUT2D eigenvalue weighted by atomic mass is 9.81. The van der Waals surface area contributed by atoms with Crippen LogP contribution in [0.25, 0.3) is 0 Å². The molecule has 3 aromatic carbocycles. The lowest BCUT2D eigenvalue weighted by molar-refractivity contribution is 0.429. The van der Waals surface area contributed by atoms with Gasteiger partial charge in [-0.05, 0) is 74.2 Å². The maximum atomic E-state index is 15.7. The molecule has 0 spiro atoms. The lowest BCUT2D eigenvalue weighted by Crippen LogP contribution is -2.10. The Labute approximate surface area is 184 Å². The molecule has 0 aromatic heterocycles. The van der Waals surface area contributed by atoms with Gasteiger partial charge in [0.1, 0.15) is 11.6 Å². The van der Waals surface area contributed by atoms with E-state index in [1.54, 1.807) is 30.3 Å². The predicted molar refractivity (Wildman–Crippen MR) is 123 cm³/mol. The van der Waals surface area contributed by atoms with Crippen LogP contribution in [-0.2, 0) is 0 Å². The Bertz CT molecular complexity index is 1180. The van der Waals surface area contributed by atoms with E-state index in [0.717, 1.165) is 42.4 Å². The largest absolute Gasteiger partial charge is 0.508 e. The fourth-order valence-electron chi connectivity index (χ4n) is 4.05. The van der Waals surface area contributed by atoms with Gasteiger partial charge in [0.05, 0.1) is 5.56 Å². The average molecular weight is 409 g/mol. The molecule has 31 heavy (non-hydrogen) atoms. The van der Waals surface area contributed by atoms with E-state index in [-0.39, 0.29) is 17.5 Å². The number of benzene rings is 3. The first kappa shape index (κ1) is 20.8. The monoisotopic (exact) mass is 408 g/mol. The molecular weight excluding hydrogens is 383 g/mol. The Morgan fingerprint density at radius 1 is 0.710 bits per heavy atom. The van der Waals surface area contributed by atoms with Crippen LogP contribution in [0, 0.1) is 36.4 Å². The van der Waals surface area contributed by atoms with Crippen molar-refractivity contribution in [2.45, 2.75) is 44.9 Å². The molecule has 0 saturated heterocycles. The summed E-state index contributed by atoms with van der Waals surface area (Å²) in [6.45, 7) is 2.03. The second-order valence-corrected chi connectivity index (χ2v) is 8.14. The zero-order valence-electron chi connectivity index (χ0n) is 17.7. The standard InChI is InChI=1S/C29H25FO/c1-21-7-9-22(10-8-21)12-16-26-18-17-25(15-11-23-13-19-27(31)20-14-23)28(29(26)30)24-5-3-2-4-6-24/h7-10,13-14,17-20,24,31H,2-6H2,1H3. The Morgan fingerprint density at radius 2 is 1.26 bits per heavy atom. The third-order valence-electron chi connectivity index (χ3n) is 5.80. The van der Waals surface area contributed by atoms with E-state index in [0.29, 0.717) is 11.1 Å². The van der Waals surface area contributed by atoms with Crippen LogP contribution in [0.15, 0.2) is 60.7 Å². The smallest absolute Gasteiger partial charge is 0.143 e. The Kier molecular flexibility index (Phi) is 6.40. The highest BCUT2D eigenvalue weighted by Crippen LogP contribution is 2.36. The Balaban J connectivity index is 1.73. The molecule has 0 unspecified atom stereocenters. The molecule has 1 aliphatic rings. The Morgan fingerprint density at radius 3 is 1.90 bits per heavy atom. The molecule has 1 aliphatic carbocycles. The highest BCUT2D eigenvalue weighted by Gasteiger charge is 2.23. The van der Waals surface area contributed by atoms with Crippen molar-refractivity contribution in [3.05, 3.63) is 99.9 Å². The van der Waals surface area contributed by atoms with Crippen molar-refractivity contribution >= 4 is 0 Å². The minimum absolute atomic E-state index is 0.180. The van der Waals surface area contributed by atoms with E-state index in [1.807, 2.05) is 37.3 Å². The van der Waals surface area contributed by atoms with E-state index < -0.39 is 0 Å². The fourth-order valence-corrected chi connectivity index (χ4v) is 4.05. The summed E-state index contributed by atoms with van der Waals surface area (Å²) in [6.07, 6.45) is 5.42. The molecule has 0 aliphatic heterocycles. The molecule has 4 rings (SSSR count). The van der Waals surface area contributed by atoms with Crippen LogP contribution in [0.1, 0.15) is 71.4 Å². The van der Waals surface area contributed by atoms with Crippen LogP contribution in [-0.4, -0.2) is 5.11 Å². The quantitative estimate of drug-likeness (QED) is 0.445. The molecule has 0 bridgehead atoms. The number of hydrogen-bond donors (Lipinski definition) is 1. The normalized spacial score (nSPS) is 13.6. The van der Waals surface area contributed by atoms with Crippen molar-refractivity contribution in [3.63, 3.8) is 0 Å². The van der Waals surface area contributed by atoms with Crippen molar-refractivity contribution in [1.29, 1.82) is 0 Å². The van der Waals surface area contributed by atoms with Crippen LogP contribution < -0.4 is 0 Å². The zero-order chi connectivity index (χ0) is 21.6. The molecule has 0 radical (unpaired) electrons. The zero-order valence-corrected chi connectivity index (χ0v) is 17.7. The van der Waals surface area contributed by atoms with Crippen molar-refractivity contribution in [2.75, 3.05) is 0 Å². The van der Waals surface area contributed by atoms with Gasteiger partial charge < -0.3 is 5.11 Å². The summed E-state index contributed by atoms with van der Waals surface area (Å²) in [5.74, 6) is 12.6. The summed E-state index contributed by atoms with van der Waals surface area (Å²) in [7, 11) is 0. The Hall–Kier alpha value is -3.49. The third kappa shape index (κ3) is 5.17. The molecule has 1 N–H and O–H groups in total. The highest BCUT2D eigenvalue weighted by atomic mass is 19.1. The molecule has 1 nitrogen and oxygen atoms in total. The first-order valence-electron chi connectivity index (χ1n) is 10.8. The molecule has 1 saturated carbocycles. The van der Waals surface area contributed by atoms with Crippen molar-refractivity contribution in [3.8, 4) is 29.4 Å².